The fraction of sp³-hybridized carbons (Fsp3) is 0.710. The Morgan fingerprint density at radius 2 is 1.59 bits per heavy atom. The van der Waals surface area contributed by atoms with Gasteiger partial charge >= 0.3 is 6.09 Å². The Morgan fingerprint density at radius 1 is 0.949 bits per heavy atom. The van der Waals surface area contributed by atoms with Crippen molar-refractivity contribution in [2.24, 2.45) is 0 Å². The molecule has 0 aliphatic rings. The van der Waals surface area contributed by atoms with Crippen LogP contribution in [0.15, 0.2) is 18.2 Å². The number of carbonyl (C=O) groups excluding carboxylic acids is 3. The number of rotatable bonds is 16. The number of aryl methyl sites for hydroxylation is 2. The lowest BCUT2D eigenvalue weighted by Crippen LogP contribution is -2.54. The molecule has 8 heteroatoms. The standard InChI is InChI=1S/C31H53N3O4S/c1-10-12-13-14-17-34(29(36)26(16-18-39-9)33-30(37)38-31(6,7)8)27(28(35)32-24(5)15-11-2)25-20-22(3)19-23(4)21-25/h19-21,24,26-27H,10-18H2,1-9H3,(H,32,35)(H,33,37). The Balaban J connectivity index is 3.54. The van der Waals surface area contributed by atoms with Gasteiger partial charge < -0.3 is 20.3 Å². The van der Waals surface area contributed by atoms with Gasteiger partial charge in [0.05, 0.1) is 0 Å². The van der Waals surface area contributed by atoms with Crippen LogP contribution in [0.4, 0.5) is 4.79 Å². The topological polar surface area (TPSA) is 87.7 Å². The number of hydrogen-bond acceptors (Lipinski definition) is 5. The molecule has 0 heterocycles. The van der Waals surface area contributed by atoms with Crippen molar-refractivity contribution in [3.05, 3.63) is 34.9 Å². The maximum absolute atomic E-state index is 14.3. The van der Waals surface area contributed by atoms with Crippen LogP contribution in [0, 0.1) is 13.8 Å². The summed E-state index contributed by atoms with van der Waals surface area (Å²) in [5, 5.41) is 5.98. The highest BCUT2D eigenvalue weighted by Crippen LogP contribution is 2.27. The molecule has 0 fully saturated rings. The lowest BCUT2D eigenvalue weighted by molar-refractivity contribution is -0.143. The van der Waals surface area contributed by atoms with E-state index in [2.05, 4.69) is 30.5 Å². The van der Waals surface area contributed by atoms with Crippen LogP contribution >= 0.6 is 11.8 Å². The normalized spacial score (nSPS) is 13.8. The first-order valence-corrected chi connectivity index (χ1v) is 15.9. The van der Waals surface area contributed by atoms with Gasteiger partial charge in [0, 0.05) is 12.6 Å². The number of ether oxygens (including phenoxy) is 1. The quantitative estimate of drug-likeness (QED) is 0.218. The largest absolute Gasteiger partial charge is 0.444 e. The molecule has 3 amide bonds. The van der Waals surface area contributed by atoms with Gasteiger partial charge in [0.25, 0.3) is 0 Å². The van der Waals surface area contributed by atoms with Gasteiger partial charge in [0.1, 0.15) is 17.7 Å². The predicted octanol–water partition coefficient (Wildman–Crippen LogP) is 6.70. The zero-order chi connectivity index (χ0) is 29.6. The molecule has 1 rings (SSSR count). The van der Waals surface area contributed by atoms with Crippen LogP contribution in [0.5, 0.6) is 0 Å². The van der Waals surface area contributed by atoms with Gasteiger partial charge in [-0.1, -0.05) is 68.9 Å². The van der Waals surface area contributed by atoms with Crippen molar-refractivity contribution in [1.29, 1.82) is 0 Å². The van der Waals surface area contributed by atoms with Crippen LogP contribution in [0.1, 0.15) is 109 Å². The highest BCUT2D eigenvalue weighted by molar-refractivity contribution is 7.98. The van der Waals surface area contributed by atoms with E-state index in [1.54, 1.807) is 37.4 Å². The summed E-state index contributed by atoms with van der Waals surface area (Å²) in [6, 6.07) is 4.44. The lowest BCUT2D eigenvalue weighted by Gasteiger charge is -2.35. The third-order valence-electron chi connectivity index (χ3n) is 6.37. The minimum Gasteiger partial charge on any atom is -0.444 e. The van der Waals surface area contributed by atoms with Gasteiger partial charge in [-0.15, -0.1) is 0 Å². The number of benzene rings is 1. The second-order valence-electron chi connectivity index (χ2n) is 11.6. The van der Waals surface area contributed by atoms with Gasteiger partial charge in [0.2, 0.25) is 11.8 Å². The van der Waals surface area contributed by atoms with Crippen molar-refractivity contribution in [2.75, 3.05) is 18.6 Å². The molecule has 0 spiro atoms. The average Bonchev–Trinajstić information content (AvgIpc) is 2.81. The highest BCUT2D eigenvalue weighted by Gasteiger charge is 2.36. The zero-order valence-electron chi connectivity index (χ0n) is 25.8. The van der Waals surface area contributed by atoms with Crippen LogP contribution in [0.25, 0.3) is 0 Å². The number of carbonyl (C=O) groups is 3. The van der Waals surface area contributed by atoms with Crippen LogP contribution in [-0.4, -0.2) is 59.0 Å². The molecule has 1 aromatic rings. The summed E-state index contributed by atoms with van der Waals surface area (Å²) in [4.78, 5) is 42.6. The zero-order valence-corrected chi connectivity index (χ0v) is 26.6. The molecule has 0 aromatic heterocycles. The first-order valence-electron chi connectivity index (χ1n) is 14.5. The SMILES string of the molecule is CCCCCCN(C(=O)C(CCSC)NC(=O)OC(C)(C)C)C(C(=O)NC(C)CCC)c1cc(C)cc(C)c1. The minimum atomic E-state index is -0.798. The van der Waals surface area contributed by atoms with E-state index in [1.165, 1.54) is 0 Å². The Kier molecular flexibility index (Phi) is 15.6. The molecule has 222 valence electrons. The summed E-state index contributed by atoms with van der Waals surface area (Å²) in [6.45, 7) is 16.1. The van der Waals surface area contributed by atoms with Crippen molar-refractivity contribution >= 4 is 29.7 Å². The number of thioether (sulfide) groups is 1. The van der Waals surface area contributed by atoms with Crippen LogP contribution in [-0.2, 0) is 14.3 Å². The number of amides is 3. The van der Waals surface area contributed by atoms with Gasteiger partial charge in [0.15, 0.2) is 0 Å². The summed E-state index contributed by atoms with van der Waals surface area (Å²) >= 11 is 1.61. The molecular weight excluding hydrogens is 510 g/mol. The van der Waals surface area contributed by atoms with E-state index >= 15 is 0 Å². The molecule has 0 bridgehead atoms. The van der Waals surface area contributed by atoms with Gasteiger partial charge in [-0.05, 0) is 78.4 Å². The van der Waals surface area contributed by atoms with E-state index in [4.69, 9.17) is 4.74 Å². The third-order valence-corrected chi connectivity index (χ3v) is 7.01. The second-order valence-corrected chi connectivity index (χ2v) is 12.6. The molecule has 0 aliphatic heterocycles. The average molecular weight is 564 g/mol. The monoisotopic (exact) mass is 563 g/mol. The van der Waals surface area contributed by atoms with Gasteiger partial charge in [-0.25, -0.2) is 4.79 Å². The first-order chi connectivity index (χ1) is 18.3. The fourth-order valence-corrected chi connectivity index (χ4v) is 5.16. The summed E-state index contributed by atoms with van der Waals surface area (Å²) in [5.74, 6) is 0.239. The van der Waals surface area contributed by atoms with Gasteiger partial charge in [-0.3, -0.25) is 9.59 Å². The summed E-state index contributed by atoms with van der Waals surface area (Å²) < 4.78 is 5.49. The van der Waals surface area contributed by atoms with Crippen molar-refractivity contribution in [1.82, 2.24) is 15.5 Å². The molecule has 0 aliphatic carbocycles. The summed E-state index contributed by atoms with van der Waals surface area (Å²) in [5.41, 5.74) is 2.18. The maximum atomic E-state index is 14.3. The van der Waals surface area contributed by atoms with E-state index < -0.39 is 23.8 Å². The summed E-state index contributed by atoms with van der Waals surface area (Å²) in [7, 11) is 0. The first kappa shape index (κ1) is 34.8. The number of unbranched alkanes of at least 4 members (excludes halogenated alkanes) is 3. The Labute approximate surface area is 241 Å². The van der Waals surface area contributed by atoms with Crippen LogP contribution in [0.2, 0.25) is 0 Å². The van der Waals surface area contributed by atoms with Gasteiger partial charge in [-0.2, -0.15) is 11.8 Å². The van der Waals surface area contributed by atoms with Crippen molar-refractivity contribution in [2.45, 2.75) is 124 Å². The molecule has 0 saturated carbocycles. The van der Waals surface area contributed by atoms with E-state index in [0.29, 0.717) is 18.7 Å². The van der Waals surface area contributed by atoms with E-state index in [0.717, 1.165) is 55.2 Å². The minimum absolute atomic E-state index is 0.0138. The van der Waals surface area contributed by atoms with Crippen molar-refractivity contribution < 1.29 is 19.1 Å². The predicted molar refractivity (Wildman–Crippen MR) is 163 cm³/mol. The number of nitrogens with one attached hydrogen (secondary N) is 2. The molecule has 39 heavy (non-hydrogen) atoms. The molecule has 0 saturated heterocycles. The Hall–Kier alpha value is -2.22. The fourth-order valence-electron chi connectivity index (χ4n) is 4.69. The number of hydrogen-bond donors (Lipinski definition) is 2. The number of alkyl carbamates (subject to hydrolysis) is 1. The maximum Gasteiger partial charge on any atom is 0.408 e. The molecule has 3 atom stereocenters. The Bertz CT molecular complexity index is 895. The molecular formula is C31H53N3O4S. The molecule has 7 nitrogen and oxygen atoms in total. The van der Waals surface area contributed by atoms with Crippen molar-refractivity contribution in [3.63, 3.8) is 0 Å². The highest BCUT2D eigenvalue weighted by atomic mass is 32.2. The lowest BCUT2D eigenvalue weighted by atomic mass is 9.97. The second kappa shape index (κ2) is 17.5. The molecule has 0 radical (unpaired) electrons. The van der Waals surface area contributed by atoms with Crippen LogP contribution in [0.3, 0.4) is 0 Å². The van der Waals surface area contributed by atoms with E-state index in [-0.39, 0.29) is 17.9 Å². The van der Waals surface area contributed by atoms with E-state index in [1.807, 2.05) is 39.2 Å². The number of nitrogens with zero attached hydrogens (tertiary/aromatic N) is 1. The third kappa shape index (κ3) is 13.1. The van der Waals surface area contributed by atoms with Crippen LogP contribution < -0.4 is 10.6 Å². The van der Waals surface area contributed by atoms with Crippen molar-refractivity contribution in [3.8, 4) is 0 Å². The molecule has 1 aromatic carbocycles. The molecule has 3 unspecified atom stereocenters. The smallest absolute Gasteiger partial charge is 0.408 e. The molecule has 2 N–H and O–H groups in total. The van der Waals surface area contributed by atoms with E-state index in [9.17, 15) is 14.4 Å². The summed E-state index contributed by atoms with van der Waals surface area (Å²) in [6.07, 6.45) is 7.46. The Morgan fingerprint density at radius 3 is 2.13 bits per heavy atom.